The molecule has 1 aromatic carbocycles. The number of halogens is 1. The summed E-state index contributed by atoms with van der Waals surface area (Å²) in [6.07, 6.45) is 1.26. The van der Waals surface area contributed by atoms with Crippen LogP contribution in [0.3, 0.4) is 0 Å². The highest BCUT2D eigenvalue weighted by Gasteiger charge is 2.29. The number of likely N-dealkylation sites (tertiary alicyclic amines) is 1. The van der Waals surface area contributed by atoms with Crippen molar-refractivity contribution in [1.82, 2.24) is 9.80 Å². The van der Waals surface area contributed by atoms with E-state index in [9.17, 15) is 9.59 Å². The number of rotatable bonds is 6. The Morgan fingerprint density at radius 3 is 2.26 bits per heavy atom. The average molecular weight is 398 g/mol. The summed E-state index contributed by atoms with van der Waals surface area (Å²) in [5.41, 5.74) is 0.509. The van der Waals surface area contributed by atoms with Crippen molar-refractivity contribution in [3.63, 3.8) is 0 Å². The van der Waals surface area contributed by atoms with Crippen LogP contribution in [0.25, 0.3) is 0 Å². The minimum atomic E-state index is -0.156. The van der Waals surface area contributed by atoms with Gasteiger partial charge in [-0.05, 0) is 32.8 Å². The third-order valence-corrected chi connectivity index (χ3v) is 5.20. The molecule has 0 bridgehead atoms. The summed E-state index contributed by atoms with van der Waals surface area (Å²) in [7, 11) is 3.04. The van der Waals surface area contributed by atoms with Crippen LogP contribution in [0.5, 0.6) is 11.5 Å². The van der Waals surface area contributed by atoms with Gasteiger partial charge < -0.3 is 24.6 Å². The van der Waals surface area contributed by atoms with Crippen molar-refractivity contribution in [1.29, 1.82) is 0 Å². The first-order chi connectivity index (χ1) is 12.9. The largest absolute Gasteiger partial charge is 0.495 e. The van der Waals surface area contributed by atoms with Gasteiger partial charge in [-0.2, -0.15) is 0 Å². The molecule has 3 amide bonds. The smallest absolute Gasteiger partial charge is 0.319 e. The summed E-state index contributed by atoms with van der Waals surface area (Å²) in [6.45, 7) is 6.47. The van der Waals surface area contributed by atoms with Crippen molar-refractivity contribution in [2.24, 2.45) is 5.92 Å². The molecule has 150 valence electrons. The van der Waals surface area contributed by atoms with Gasteiger partial charge in [-0.25, -0.2) is 4.79 Å². The van der Waals surface area contributed by atoms with Crippen LogP contribution >= 0.6 is 11.6 Å². The minimum absolute atomic E-state index is 0.0439. The lowest BCUT2D eigenvalue weighted by molar-refractivity contribution is -0.121. The molecule has 1 N–H and O–H groups in total. The van der Waals surface area contributed by atoms with Crippen molar-refractivity contribution in [2.45, 2.75) is 26.7 Å². The summed E-state index contributed by atoms with van der Waals surface area (Å²) in [5.74, 6) is 0.717. The molecule has 1 fully saturated rings. The third-order valence-electron chi connectivity index (χ3n) is 4.90. The molecular weight excluding hydrogens is 370 g/mol. The fourth-order valence-corrected chi connectivity index (χ4v) is 3.46. The molecule has 2 rings (SSSR count). The summed E-state index contributed by atoms with van der Waals surface area (Å²) >= 11 is 6.16. The van der Waals surface area contributed by atoms with Gasteiger partial charge in [0, 0.05) is 38.2 Å². The van der Waals surface area contributed by atoms with Gasteiger partial charge in [-0.3, -0.25) is 4.79 Å². The third kappa shape index (κ3) is 4.97. The molecule has 0 aliphatic carbocycles. The van der Waals surface area contributed by atoms with Gasteiger partial charge >= 0.3 is 6.03 Å². The second-order valence-corrected chi connectivity index (χ2v) is 6.80. The van der Waals surface area contributed by atoms with Crippen molar-refractivity contribution in [3.8, 4) is 11.5 Å². The number of methoxy groups -OCH3 is 2. The Kier molecular flexibility index (Phi) is 7.59. The first-order valence-electron chi connectivity index (χ1n) is 9.21. The molecule has 0 aromatic heterocycles. The van der Waals surface area contributed by atoms with Gasteiger partial charge in [0.1, 0.15) is 11.5 Å². The molecule has 7 nitrogen and oxygen atoms in total. The second kappa shape index (κ2) is 9.69. The normalized spacial score (nSPS) is 14.6. The maximum atomic E-state index is 12.7. The Balaban J connectivity index is 1.99. The van der Waals surface area contributed by atoms with Gasteiger partial charge in [0.25, 0.3) is 0 Å². The standard InChI is InChI=1S/C19H28ClN3O4/c1-5-22(6-2)19(25)23-9-7-13(8-10-23)18(24)21-15-11-14(20)16(26-3)12-17(15)27-4/h11-13H,5-10H2,1-4H3,(H,21,24). The zero-order valence-electron chi connectivity index (χ0n) is 16.4. The van der Waals surface area contributed by atoms with Crippen LogP contribution in [0.2, 0.25) is 5.02 Å². The first kappa shape index (κ1) is 21.2. The number of hydrogen-bond donors (Lipinski definition) is 1. The lowest BCUT2D eigenvalue weighted by Crippen LogP contribution is -2.47. The van der Waals surface area contributed by atoms with Gasteiger partial charge in [0.2, 0.25) is 5.91 Å². The summed E-state index contributed by atoms with van der Waals surface area (Å²) in [6, 6.07) is 3.31. The molecule has 1 aromatic rings. The van der Waals surface area contributed by atoms with E-state index in [1.165, 1.54) is 14.2 Å². The molecule has 1 heterocycles. The van der Waals surface area contributed by atoms with Crippen LogP contribution < -0.4 is 14.8 Å². The number of nitrogens with one attached hydrogen (secondary N) is 1. The van der Waals surface area contributed by atoms with Gasteiger partial charge in [0.05, 0.1) is 24.9 Å². The predicted molar refractivity (Wildman–Crippen MR) is 106 cm³/mol. The van der Waals surface area contributed by atoms with Gasteiger partial charge in [-0.15, -0.1) is 0 Å². The first-order valence-corrected chi connectivity index (χ1v) is 9.59. The van der Waals surface area contributed by atoms with E-state index >= 15 is 0 Å². The van der Waals surface area contributed by atoms with Crippen molar-refractivity contribution in [3.05, 3.63) is 17.2 Å². The zero-order chi connectivity index (χ0) is 20.0. The molecule has 0 unspecified atom stereocenters. The fraction of sp³-hybridized carbons (Fsp3) is 0.579. The Morgan fingerprint density at radius 2 is 1.74 bits per heavy atom. The Bertz CT molecular complexity index is 671. The molecule has 0 saturated carbocycles. The van der Waals surface area contributed by atoms with Crippen LogP contribution in [-0.4, -0.2) is 62.1 Å². The lowest BCUT2D eigenvalue weighted by Gasteiger charge is -2.34. The molecule has 1 aliphatic heterocycles. The maximum Gasteiger partial charge on any atom is 0.319 e. The van der Waals surface area contributed by atoms with Crippen molar-refractivity contribution < 1.29 is 19.1 Å². The van der Waals surface area contributed by atoms with E-state index in [0.29, 0.717) is 61.2 Å². The van der Waals surface area contributed by atoms with E-state index in [-0.39, 0.29) is 17.9 Å². The van der Waals surface area contributed by atoms with Crippen LogP contribution in [0.15, 0.2) is 12.1 Å². The molecule has 8 heteroatoms. The monoisotopic (exact) mass is 397 g/mol. The van der Waals surface area contributed by atoms with Crippen LogP contribution in [-0.2, 0) is 4.79 Å². The van der Waals surface area contributed by atoms with Crippen molar-refractivity contribution in [2.75, 3.05) is 45.7 Å². The van der Waals surface area contributed by atoms with E-state index in [0.717, 1.165) is 0 Å². The number of carbonyl (C=O) groups excluding carboxylic acids is 2. The highest BCUT2D eigenvalue weighted by Crippen LogP contribution is 2.36. The van der Waals surface area contributed by atoms with E-state index in [1.807, 2.05) is 18.7 Å². The Morgan fingerprint density at radius 1 is 1.15 bits per heavy atom. The Labute approximate surface area is 165 Å². The number of hydrogen-bond acceptors (Lipinski definition) is 4. The van der Waals surface area contributed by atoms with Crippen molar-refractivity contribution >= 4 is 29.2 Å². The summed E-state index contributed by atoms with van der Waals surface area (Å²) < 4.78 is 10.5. The average Bonchev–Trinajstić information content (AvgIpc) is 2.69. The molecule has 1 saturated heterocycles. The Hall–Kier alpha value is -2.15. The second-order valence-electron chi connectivity index (χ2n) is 6.39. The summed E-state index contributed by atoms with van der Waals surface area (Å²) in [4.78, 5) is 28.7. The highest BCUT2D eigenvalue weighted by atomic mass is 35.5. The number of carbonyl (C=O) groups is 2. The van der Waals surface area contributed by atoms with E-state index in [1.54, 1.807) is 17.0 Å². The van der Waals surface area contributed by atoms with Crippen LogP contribution in [0.4, 0.5) is 10.5 Å². The predicted octanol–water partition coefficient (Wildman–Crippen LogP) is 3.47. The van der Waals surface area contributed by atoms with Crippen LogP contribution in [0.1, 0.15) is 26.7 Å². The SMILES string of the molecule is CCN(CC)C(=O)N1CCC(C(=O)Nc2cc(Cl)c(OC)cc2OC)CC1. The lowest BCUT2D eigenvalue weighted by atomic mass is 9.96. The number of benzene rings is 1. The molecule has 0 radical (unpaired) electrons. The number of ether oxygens (including phenoxy) is 2. The number of anilines is 1. The molecule has 0 spiro atoms. The fourth-order valence-electron chi connectivity index (χ4n) is 3.22. The quantitative estimate of drug-likeness (QED) is 0.797. The van der Waals surface area contributed by atoms with E-state index in [4.69, 9.17) is 21.1 Å². The van der Waals surface area contributed by atoms with Gasteiger partial charge in [0.15, 0.2) is 0 Å². The molecule has 1 aliphatic rings. The number of nitrogens with zero attached hydrogens (tertiary/aromatic N) is 2. The van der Waals surface area contributed by atoms with E-state index in [2.05, 4.69) is 5.32 Å². The highest BCUT2D eigenvalue weighted by molar-refractivity contribution is 6.32. The molecule has 0 atom stereocenters. The number of amides is 3. The minimum Gasteiger partial charge on any atom is -0.495 e. The molecular formula is C19H28ClN3O4. The summed E-state index contributed by atoms with van der Waals surface area (Å²) in [5, 5.41) is 3.29. The van der Waals surface area contributed by atoms with Gasteiger partial charge in [-0.1, -0.05) is 11.6 Å². The topological polar surface area (TPSA) is 71.1 Å². The number of urea groups is 1. The maximum absolute atomic E-state index is 12.7. The van der Waals surface area contributed by atoms with E-state index < -0.39 is 0 Å². The van der Waals surface area contributed by atoms with Crippen LogP contribution in [0, 0.1) is 5.92 Å². The zero-order valence-corrected chi connectivity index (χ0v) is 17.1. The molecule has 27 heavy (non-hydrogen) atoms. The number of piperidine rings is 1.